The molecule has 42 heavy (non-hydrogen) atoms. The van der Waals surface area contributed by atoms with Crippen molar-refractivity contribution in [3.05, 3.63) is 58.4 Å². The maximum atomic E-state index is 13.8. The Hall–Kier alpha value is -2.93. The smallest absolute Gasteiger partial charge is 0.340 e. The average Bonchev–Trinajstić information content (AvgIpc) is 3.56. The molecule has 1 aromatic carbocycles. The topological polar surface area (TPSA) is 63.0 Å². The lowest BCUT2D eigenvalue weighted by Gasteiger charge is -2.58. The summed E-state index contributed by atoms with van der Waals surface area (Å²) in [6.45, 7) is 2.04. The Labute approximate surface area is 240 Å². The summed E-state index contributed by atoms with van der Waals surface area (Å²) in [5, 5.41) is 9.70. The van der Waals surface area contributed by atoms with E-state index >= 15 is 0 Å². The van der Waals surface area contributed by atoms with Crippen molar-refractivity contribution in [1.29, 1.82) is 0 Å². The van der Waals surface area contributed by atoms with Crippen LogP contribution < -0.4 is 4.90 Å². The van der Waals surface area contributed by atoms with E-state index in [0.717, 1.165) is 42.2 Å². The van der Waals surface area contributed by atoms with Gasteiger partial charge in [-0.25, -0.2) is 9.97 Å². The predicted octanol–water partition coefficient (Wildman–Crippen LogP) is 5.91. The minimum absolute atomic E-state index is 0.0492. The van der Waals surface area contributed by atoms with Gasteiger partial charge in [0, 0.05) is 53.1 Å². The molecule has 9 rings (SSSR count). The van der Waals surface area contributed by atoms with Crippen LogP contribution in [0.1, 0.15) is 60.9 Å². The Kier molecular flexibility index (Phi) is 4.50. The molecule has 5 fully saturated rings. The highest BCUT2D eigenvalue weighted by Crippen LogP contribution is 3.00. The zero-order valence-electron chi connectivity index (χ0n) is 22.1. The predicted molar refractivity (Wildman–Crippen MR) is 137 cm³/mol. The lowest BCUT2D eigenvalue weighted by atomic mass is 9.57. The molecule has 2 aliphatic heterocycles. The third-order valence-corrected chi connectivity index (χ3v) is 11.5. The minimum atomic E-state index is -4.53. The molecule has 2 spiro atoms. The van der Waals surface area contributed by atoms with Gasteiger partial charge in [0.25, 0.3) is 0 Å². The van der Waals surface area contributed by atoms with Crippen LogP contribution in [0.2, 0.25) is 5.02 Å². The number of halogens is 7. The Bertz CT molecular complexity index is 1670. The van der Waals surface area contributed by atoms with Gasteiger partial charge in [0.2, 0.25) is 5.95 Å². The molecular weight excluding hydrogens is 584 g/mol. The van der Waals surface area contributed by atoms with Crippen LogP contribution >= 0.6 is 11.6 Å². The summed E-state index contributed by atoms with van der Waals surface area (Å²) in [5.74, 6) is 1.70. The van der Waals surface area contributed by atoms with Gasteiger partial charge in [-0.05, 0) is 61.9 Å². The first-order valence-corrected chi connectivity index (χ1v) is 14.4. The lowest BCUT2D eigenvalue weighted by Crippen LogP contribution is -2.62. The van der Waals surface area contributed by atoms with Crippen molar-refractivity contribution in [3.63, 3.8) is 0 Å². The van der Waals surface area contributed by atoms with Crippen LogP contribution in [-0.2, 0) is 19.3 Å². The highest BCUT2D eigenvalue weighted by atomic mass is 35.5. The normalized spacial score (nSPS) is 32.5. The Morgan fingerprint density at radius 2 is 1.71 bits per heavy atom. The highest BCUT2D eigenvalue weighted by Gasteiger charge is 3.03. The number of nitrogens with zero attached hydrogens (tertiary/aromatic N) is 7. The van der Waals surface area contributed by atoms with Gasteiger partial charge in [0.15, 0.2) is 5.82 Å². The van der Waals surface area contributed by atoms with E-state index in [9.17, 15) is 26.3 Å². The molecule has 2 aromatic heterocycles. The molecule has 0 radical (unpaired) electrons. The molecule has 3 atom stereocenters. The number of rotatable bonds is 3. The van der Waals surface area contributed by atoms with E-state index in [0.29, 0.717) is 43.4 Å². The Balaban J connectivity index is 0.966. The van der Waals surface area contributed by atoms with Gasteiger partial charge in [-0.15, -0.1) is 10.2 Å². The van der Waals surface area contributed by atoms with Crippen molar-refractivity contribution < 1.29 is 26.3 Å². The summed E-state index contributed by atoms with van der Waals surface area (Å²) in [5.41, 5.74) is -1.80. The van der Waals surface area contributed by atoms with Crippen molar-refractivity contribution in [2.24, 2.45) is 16.2 Å². The maximum absolute atomic E-state index is 13.8. The molecule has 6 aliphatic rings. The SMILES string of the molecule is FC(F)(F)c1ccnc(N2CC3(CC(c4nnc5n4-c4ccc(Cl)cc4CN(C46CC7(C(F)(F)F)CC47C6)C5)C3)C2)n1. The first-order chi connectivity index (χ1) is 19.8. The van der Waals surface area contributed by atoms with Crippen LogP contribution in [0.25, 0.3) is 5.69 Å². The molecule has 4 saturated carbocycles. The van der Waals surface area contributed by atoms with Gasteiger partial charge >= 0.3 is 12.4 Å². The van der Waals surface area contributed by atoms with Gasteiger partial charge in [0.05, 0.1) is 17.6 Å². The second kappa shape index (κ2) is 7.40. The summed E-state index contributed by atoms with van der Waals surface area (Å²) in [6, 6.07) is 6.49. The van der Waals surface area contributed by atoms with E-state index in [2.05, 4.69) is 29.6 Å². The monoisotopic (exact) mass is 607 g/mol. The van der Waals surface area contributed by atoms with Gasteiger partial charge in [-0.3, -0.25) is 9.47 Å². The summed E-state index contributed by atoms with van der Waals surface area (Å²) < 4.78 is 82.9. The highest BCUT2D eigenvalue weighted by molar-refractivity contribution is 6.30. The number of fused-ring (bicyclic) bond motifs is 3. The van der Waals surface area contributed by atoms with Crippen LogP contribution in [0.4, 0.5) is 32.3 Å². The number of benzene rings is 1. The maximum Gasteiger partial charge on any atom is 0.433 e. The fourth-order valence-electron chi connectivity index (χ4n) is 9.20. The van der Waals surface area contributed by atoms with Crippen LogP contribution in [0, 0.1) is 16.2 Å². The van der Waals surface area contributed by atoms with Crippen LogP contribution in [0.5, 0.6) is 0 Å². The van der Waals surface area contributed by atoms with Crippen molar-refractivity contribution in [1.82, 2.24) is 29.6 Å². The number of anilines is 1. The largest absolute Gasteiger partial charge is 0.433 e. The zero-order chi connectivity index (χ0) is 29.1. The van der Waals surface area contributed by atoms with Gasteiger partial charge in [-0.2, -0.15) is 26.3 Å². The Morgan fingerprint density at radius 1 is 0.929 bits per heavy atom. The molecule has 0 bridgehead atoms. The van der Waals surface area contributed by atoms with E-state index in [-0.39, 0.29) is 30.1 Å². The molecule has 220 valence electrons. The molecule has 0 N–H and O–H groups in total. The van der Waals surface area contributed by atoms with Crippen molar-refractivity contribution in [2.45, 2.75) is 69.0 Å². The summed E-state index contributed by atoms with van der Waals surface area (Å²) in [7, 11) is 0. The summed E-state index contributed by atoms with van der Waals surface area (Å²) in [6.07, 6.45) is -5.04. The molecule has 7 nitrogen and oxygen atoms in total. The second-order valence-electron chi connectivity index (χ2n) is 13.4. The van der Waals surface area contributed by atoms with Crippen molar-refractivity contribution >= 4 is 17.5 Å². The molecular formula is C28H24ClF6N7. The Morgan fingerprint density at radius 3 is 2.40 bits per heavy atom. The number of hydrogen-bond acceptors (Lipinski definition) is 6. The van der Waals surface area contributed by atoms with Crippen LogP contribution in [0.3, 0.4) is 0 Å². The third-order valence-electron chi connectivity index (χ3n) is 11.2. The first-order valence-electron chi connectivity index (χ1n) is 14.0. The van der Waals surface area contributed by atoms with E-state index < -0.39 is 34.4 Å². The average molecular weight is 608 g/mol. The summed E-state index contributed by atoms with van der Waals surface area (Å²) in [4.78, 5) is 11.7. The molecule has 0 amide bonds. The van der Waals surface area contributed by atoms with Crippen molar-refractivity contribution in [3.8, 4) is 5.69 Å². The number of aromatic nitrogens is 5. The number of hydrogen-bond donors (Lipinski definition) is 0. The third kappa shape index (κ3) is 3.03. The molecule has 4 heterocycles. The zero-order valence-corrected chi connectivity index (χ0v) is 22.9. The standard InChI is InChI=1S/C28H24ClF6N7/c29-17-1-2-18-15(5-17)8-41(26-11-24(26)10-25(24,12-26)28(33,34)35)9-20-38-39-21(42(18)20)16-6-23(7-16)13-40(14-23)22-36-4-3-19(37-22)27(30,31)32/h1-5,16H,6-14H2. The number of alkyl halides is 6. The van der Waals surface area contributed by atoms with Crippen LogP contribution in [0.15, 0.2) is 30.5 Å². The van der Waals surface area contributed by atoms with E-state index in [4.69, 9.17) is 11.6 Å². The fourth-order valence-corrected chi connectivity index (χ4v) is 9.40. The van der Waals surface area contributed by atoms with Crippen molar-refractivity contribution in [2.75, 3.05) is 18.0 Å². The van der Waals surface area contributed by atoms with Gasteiger partial charge in [0.1, 0.15) is 11.5 Å². The molecule has 3 unspecified atom stereocenters. The second-order valence-corrected chi connectivity index (χ2v) is 13.8. The van der Waals surface area contributed by atoms with E-state index in [1.54, 1.807) is 11.0 Å². The first kappa shape index (κ1) is 25.6. The molecule has 14 heteroatoms. The molecule has 3 aromatic rings. The van der Waals surface area contributed by atoms with Gasteiger partial charge < -0.3 is 4.90 Å². The fraction of sp³-hybridized carbons (Fsp3) is 0.571. The quantitative estimate of drug-likeness (QED) is 0.345. The lowest BCUT2D eigenvalue weighted by molar-refractivity contribution is -0.220. The molecule has 4 aliphatic carbocycles. The van der Waals surface area contributed by atoms with E-state index in [1.165, 1.54) is 0 Å². The van der Waals surface area contributed by atoms with Gasteiger partial charge in [-0.1, -0.05) is 11.6 Å². The molecule has 1 saturated heterocycles. The van der Waals surface area contributed by atoms with Crippen LogP contribution in [-0.4, -0.2) is 54.4 Å². The van der Waals surface area contributed by atoms with E-state index in [1.807, 2.05) is 12.1 Å². The summed E-state index contributed by atoms with van der Waals surface area (Å²) >= 11 is 6.39. The minimum Gasteiger partial charge on any atom is -0.340 e.